The van der Waals surface area contributed by atoms with E-state index in [2.05, 4.69) is 10.4 Å². The summed E-state index contributed by atoms with van der Waals surface area (Å²) in [5.74, 6) is -0.742. The molecule has 2 aromatic rings. The van der Waals surface area contributed by atoms with Crippen molar-refractivity contribution < 1.29 is 9.90 Å². The topological polar surface area (TPSA) is 67.2 Å². The van der Waals surface area contributed by atoms with Crippen molar-refractivity contribution in [2.45, 2.75) is 32.9 Å². The molecule has 0 aliphatic rings. The lowest BCUT2D eigenvalue weighted by molar-refractivity contribution is -0.140. The van der Waals surface area contributed by atoms with Crippen molar-refractivity contribution in [2.24, 2.45) is 5.92 Å². The van der Waals surface area contributed by atoms with E-state index in [0.717, 1.165) is 23.9 Å². The van der Waals surface area contributed by atoms with Crippen LogP contribution in [0.1, 0.15) is 20.3 Å². The van der Waals surface area contributed by atoms with Gasteiger partial charge in [-0.15, -0.1) is 0 Å². The Kier molecular flexibility index (Phi) is 5.20. The first-order valence-electron chi connectivity index (χ1n) is 7.06. The van der Waals surface area contributed by atoms with Crippen molar-refractivity contribution in [3.05, 3.63) is 29.4 Å². The number of nitrogens with one attached hydrogen (secondary N) is 1. The highest BCUT2D eigenvalue weighted by Gasteiger charge is 2.19. The predicted molar refractivity (Wildman–Crippen MR) is 83.6 cm³/mol. The highest BCUT2D eigenvalue weighted by atomic mass is 35.5. The number of aliphatic carboxylic acids is 1. The van der Waals surface area contributed by atoms with Gasteiger partial charge in [-0.25, -0.2) is 0 Å². The van der Waals surface area contributed by atoms with Crippen molar-refractivity contribution in [2.75, 3.05) is 6.54 Å². The molecule has 114 valence electrons. The van der Waals surface area contributed by atoms with Gasteiger partial charge in [0.25, 0.3) is 0 Å². The number of rotatable bonds is 7. The van der Waals surface area contributed by atoms with Crippen LogP contribution in [-0.2, 0) is 11.3 Å². The minimum Gasteiger partial charge on any atom is -0.480 e. The molecule has 0 fully saturated rings. The number of carboxylic acids is 1. The van der Waals surface area contributed by atoms with Gasteiger partial charge in [0, 0.05) is 17.0 Å². The standard InChI is InChI=1S/C15H20ClN3O2/c1-10(2)14(15(20)21)17-6-3-7-19-13-8-12(16)5-4-11(13)9-18-19/h4-5,8-10,14,17H,3,6-7H2,1-2H3,(H,20,21). The van der Waals surface area contributed by atoms with Crippen LogP contribution in [0.15, 0.2) is 24.4 Å². The Morgan fingerprint density at radius 2 is 2.24 bits per heavy atom. The van der Waals surface area contributed by atoms with E-state index in [1.54, 1.807) is 0 Å². The molecule has 1 unspecified atom stereocenters. The third-order valence-corrected chi connectivity index (χ3v) is 3.69. The van der Waals surface area contributed by atoms with Gasteiger partial charge in [-0.2, -0.15) is 5.10 Å². The Morgan fingerprint density at radius 3 is 2.90 bits per heavy atom. The molecule has 21 heavy (non-hydrogen) atoms. The molecular formula is C15H20ClN3O2. The van der Waals surface area contributed by atoms with Crippen LogP contribution < -0.4 is 5.32 Å². The van der Waals surface area contributed by atoms with Gasteiger partial charge in [0.05, 0.1) is 11.7 Å². The Morgan fingerprint density at radius 1 is 1.48 bits per heavy atom. The van der Waals surface area contributed by atoms with Gasteiger partial charge in [-0.1, -0.05) is 25.4 Å². The lowest BCUT2D eigenvalue weighted by atomic mass is 10.0. The Bertz CT molecular complexity index is 624. The molecule has 0 aliphatic carbocycles. The van der Waals surface area contributed by atoms with Crippen LogP contribution in [0, 0.1) is 5.92 Å². The van der Waals surface area contributed by atoms with Gasteiger partial charge in [0.15, 0.2) is 0 Å². The number of hydrogen-bond donors (Lipinski definition) is 2. The zero-order valence-electron chi connectivity index (χ0n) is 12.2. The van der Waals surface area contributed by atoms with Crippen molar-refractivity contribution >= 4 is 28.5 Å². The summed E-state index contributed by atoms with van der Waals surface area (Å²) >= 11 is 6.00. The fraction of sp³-hybridized carbons (Fsp3) is 0.467. The smallest absolute Gasteiger partial charge is 0.320 e. The minimum absolute atomic E-state index is 0.0619. The van der Waals surface area contributed by atoms with Crippen molar-refractivity contribution in [3.63, 3.8) is 0 Å². The first-order chi connectivity index (χ1) is 9.99. The largest absolute Gasteiger partial charge is 0.480 e. The second-order valence-corrected chi connectivity index (χ2v) is 5.87. The molecule has 0 aliphatic heterocycles. The van der Waals surface area contributed by atoms with E-state index in [1.165, 1.54) is 0 Å². The van der Waals surface area contributed by atoms with Crippen LogP contribution in [0.25, 0.3) is 10.9 Å². The lowest BCUT2D eigenvalue weighted by Crippen LogP contribution is -2.41. The first kappa shape index (κ1) is 15.8. The summed E-state index contributed by atoms with van der Waals surface area (Å²) in [5.41, 5.74) is 1.00. The fourth-order valence-electron chi connectivity index (χ4n) is 2.32. The maximum absolute atomic E-state index is 11.1. The number of halogens is 1. The number of aryl methyl sites for hydroxylation is 1. The molecule has 1 heterocycles. The monoisotopic (exact) mass is 309 g/mol. The maximum atomic E-state index is 11.1. The minimum atomic E-state index is -0.804. The average molecular weight is 310 g/mol. The molecular weight excluding hydrogens is 290 g/mol. The van der Waals surface area contributed by atoms with Crippen LogP contribution in [0.5, 0.6) is 0 Å². The molecule has 0 radical (unpaired) electrons. The zero-order chi connectivity index (χ0) is 15.4. The van der Waals surface area contributed by atoms with E-state index in [9.17, 15) is 4.79 Å². The van der Waals surface area contributed by atoms with Crippen LogP contribution in [0.3, 0.4) is 0 Å². The van der Waals surface area contributed by atoms with Crippen LogP contribution in [-0.4, -0.2) is 33.4 Å². The van der Waals surface area contributed by atoms with Gasteiger partial charge in [-0.05, 0) is 37.1 Å². The third-order valence-electron chi connectivity index (χ3n) is 3.45. The summed E-state index contributed by atoms with van der Waals surface area (Å²) in [6.07, 6.45) is 2.62. The number of aromatic nitrogens is 2. The summed E-state index contributed by atoms with van der Waals surface area (Å²) in [4.78, 5) is 11.1. The van der Waals surface area contributed by atoms with Crippen LogP contribution in [0.2, 0.25) is 5.02 Å². The van der Waals surface area contributed by atoms with Gasteiger partial charge in [0.2, 0.25) is 0 Å². The van der Waals surface area contributed by atoms with Gasteiger partial charge < -0.3 is 10.4 Å². The molecule has 0 bridgehead atoms. The molecule has 2 rings (SSSR count). The molecule has 2 N–H and O–H groups in total. The number of hydrogen-bond acceptors (Lipinski definition) is 3. The Labute approximate surface area is 128 Å². The predicted octanol–water partition coefficient (Wildman–Crippen LogP) is 2.78. The first-order valence-corrected chi connectivity index (χ1v) is 7.44. The van der Waals surface area contributed by atoms with Crippen LogP contribution >= 0.6 is 11.6 Å². The lowest BCUT2D eigenvalue weighted by Gasteiger charge is -2.17. The van der Waals surface area contributed by atoms with E-state index in [1.807, 2.05) is 42.9 Å². The number of benzene rings is 1. The molecule has 0 saturated heterocycles. The SMILES string of the molecule is CC(C)C(NCCCn1ncc2ccc(Cl)cc21)C(=O)O. The van der Waals surface area contributed by atoms with Crippen molar-refractivity contribution in [1.82, 2.24) is 15.1 Å². The quantitative estimate of drug-likeness (QED) is 0.772. The third kappa shape index (κ3) is 3.95. The number of carboxylic acid groups (broad SMARTS) is 1. The number of fused-ring (bicyclic) bond motifs is 1. The number of nitrogens with zero attached hydrogens (tertiary/aromatic N) is 2. The highest BCUT2D eigenvalue weighted by Crippen LogP contribution is 2.19. The van der Waals surface area contributed by atoms with E-state index < -0.39 is 12.0 Å². The summed E-state index contributed by atoms with van der Waals surface area (Å²) in [7, 11) is 0. The molecule has 0 amide bonds. The van der Waals surface area contributed by atoms with Crippen LogP contribution in [0.4, 0.5) is 0 Å². The molecule has 1 aromatic heterocycles. The highest BCUT2D eigenvalue weighted by molar-refractivity contribution is 6.31. The molecule has 1 aromatic carbocycles. The second-order valence-electron chi connectivity index (χ2n) is 5.44. The Hall–Kier alpha value is -1.59. The number of carbonyl (C=O) groups is 1. The normalized spacial score (nSPS) is 13.0. The maximum Gasteiger partial charge on any atom is 0.320 e. The average Bonchev–Trinajstić information content (AvgIpc) is 2.80. The van der Waals surface area contributed by atoms with Crippen molar-refractivity contribution in [3.8, 4) is 0 Å². The fourth-order valence-corrected chi connectivity index (χ4v) is 2.48. The Balaban J connectivity index is 1.90. The molecule has 5 nitrogen and oxygen atoms in total. The van der Waals surface area contributed by atoms with E-state index in [0.29, 0.717) is 11.6 Å². The molecule has 1 atom stereocenters. The summed E-state index contributed by atoms with van der Waals surface area (Å²) in [6.45, 7) is 5.15. The summed E-state index contributed by atoms with van der Waals surface area (Å²) in [6, 6.07) is 5.18. The summed E-state index contributed by atoms with van der Waals surface area (Å²) < 4.78 is 1.90. The van der Waals surface area contributed by atoms with Crippen molar-refractivity contribution in [1.29, 1.82) is 0 Å². The molecule has 0 saturated carbocycles. The van der Waals surface area contributed by atoms with E-state index in [4.69, 9.17) is 16.7 Å². The van der Waals surface area contributed by atoms with E-state index >= 15 is 0 Å². The summed E-state index contributed by atoms with van der Waals surface area (Å²) in [5, 5.41) is 18.3. The van der Waals surface area contributed by atoms with Gasteiger partial charge >= 0.3 is 5.97 Å². The van der Waals surface area contributed by atoms with Gasteiger partial charge in [-0.3, -0.25) is 9.48 Å². The zero-order valence-corrected chi connectivity index (χ0v) is 13.0. The van der Waals surface area contributed by atoms with Gasteiger partial charge in [0.1, 0.15) is 6.04 Å². The molecule has 6 heteroatoms. The second kappa shape index (κ2) is 6.91. The molecule has 0 spiro atoms. The van der Waals surface area contributed by atoms with E-state index in [-0.39, 0.29) is 5.92 Å².